The van der Waals surface area contributed by atoms with Crippen LogP contribution in [0.15, 0.2) is 79.8 Å². The SMILES string of the molecule is C=CC(=O)N[C@H]1CC[C@H](Nc2ncncc2C(=N)c2ccc(Oc3ccccc3)cc2)CC1. The number of nitrogens with one attached hydrogen (secondary N) is 3. The van der Waals surface area contributed by atoms with Crippen LogP contribution in [0.4, 0.5) is 5.82 Å². The fourth-order valence-electron chi connectivity index (χ4n) is 3.93. The Kier molecular flexibility index (Phi) is 7.09. The highest BCUT2D eigenvalue weighted by atomic mass is 16.5. The lowest BCUT2D eigenvalue weighted by molar-refractivity contribution is -0.117. The van der Waals surface area contributed by atoms with Gasteiger partial charge in [0.2, 0.25) is 5.91 Å². The van der Waals surface area contributed by atoms with E-state index in [1.807, 2.05) is 54.6 Å². The number of hydrogen-bond acceptors (Lipinski definition) is 6. The van der Waals surface area contributed by atoms with Gasteiger partial charge in [0.1, 0.15) is 23.6 Å². The third-order valence-electron chi connectivity index (χ3n) is 5.70. The molecule has 1 aliphatic carbocycles. The Hall–Kier alpha value is -4.00. The summed E-state index contributed by atoms with van der Waals surface area (Å²) in [7, 11) is 0. The van der Waals surface area contributed by atoms with Crippen molar-refractivity contribution in [2.24, 2.45) is 0 Å². The van der Waals surface area contributed by atoms with E-state index in [9.17, 15) is 4.79 Å². The van der Waals surface area contributed by atoms with Gasteiger partial charge in [0.05, 0.1) is 11.3 Å². The zero-order valence-corrected chi connectivity index (χ0v) is 18.3. The molecule has 168 valence electrons. The van der Waals surface area contributed by atoms with Crippen molar-refractivity contribution in [3.05, 3.63) is 90.9 Å². The van der Waals surface area contributed by atoms with Gasteiger partial charge in [-0.1, -0.05) is 24.8 Å². The molecule has 33 heavy (non-hydrogen) atoms. The van der Waals surface area contributed by atoms with Crippen molar-refractivity contribution in [1.29, 1.82) is 5.41 Å². The molecule has 1 aromatic heterocycles. The lowest BCUT2D eigenvalue weighted by Gasteiger charge is -2.30. The molecule has 0 radical (unpaired) electrons. The molecule has 4 rings (SSSR count). The Morgan fingerprint density at radius 2 is 1.67 bits per heavy atom. The Morgan fingerprint density at radius 1 is 1.00 bits per heavy atom. The van der Waals surface area contributed by atoms with Crippen molar-refractivity contribution in [3.8, 4) is 11.5 Å². The minimum atomic E-state index is -0.127. The van der Waals surface area contributed by atoms with Crippen LogP contribution in [0.25, 0.3) is 0 Å². The highest BCUT2D eigenvalue weighted by Crippen LogP contribution is 2.26. The van der Waals surface area contributed by atoms with Crippen molar-refractivity contribution in [1.82, 2.24) is 15.3 Å². The van der Waals surface area contributed by atoms with Gasteiger partial charge in [-0.3, -0.25) is 10.2 Å². The van der Waals surface area contributed by atoms with Crippen molar-refractivity contribution in [2.45, 2.75) is 37.8 Å². The van der Waals surface area contributed by atoms with Gasteiger partial charge in [-0.05, 0) is 68.2 Å². The van der Waals surface area contributed by atoms with Crippen LogP contribution in [0, 0.1) is 5.41 Å². The van der Waals surface area contributed by atoms with Gasteiger partial charge in [-0.25, -0.2) is 9.97 Å². The highest BCUT2D eigenvalue weighted by Gasteiger charge is 2.23. The Balaban J connectivity index is 1.40. The standard InChI is InChI=1S/C26H27N5O2/c1-2-24(32)30-19-10-12-20(13-11-19)31-26-23(16-28-17-29-26)25(27)18-8-14-22(15-9-18)33-21-6-4-3-5-7-21/h2-9,14-17,19-20,27H,1,10-13H2,(H,30,32)(H,28,29,31)/t19-,20-. The van der Waals surface area contributed by atoms with Crippen LogP contribution in [0.5, 0.6) is 11.5 Å². The summed E-state index contributed by atoms with van der Waals surface area (Å²) in [6, 6.07) is 17.4. The van der Waals surface area contributed by atoms with E-state index >= 15 is 0 Å². The van der Waals surface area contributed by atoms with E-state index < -0.39 is 0 Å². The third-order valence-corrected chi connectivity index (χ3v) is 5.70. The van der Waals surface area contributed by atoms with E-state index in [-0.39, 0.29) is 18.0 Å². The van der Waals surface area contributed by atoms with Crippen LogP contribution < -0.4 is 15.4 Å². The predicted molar refractivity (Wildman–Crippen MR) is 129 cm³/mol. The van der Waals surface area contributed by atoms with Gasteiger partial charge in [-0.15, -0.1) is 0 Å². The maximum Gasteiger partial charge on any atom is 0.243 e. The third kappa shape index (κ3) is 5.83. The molecule has 1 saturated carbocycles. The number of carbonyl (C=O) groups is 1. The zero-order chi connectivity index (χ0) is 23.0. The summed E-state index contributed by atoms with van der Waals surface area (Å²) in [5.41, 5.74) is 1.75. The maximum atomic E-state index is 11.5. The molecule has 1 heterocycles. The number of nitrogens with zero attached hydrogens (tertiary/aromatic N) is 2. The average Bonchev–Trinajstić information content (AvgIpc) is 2.86. The van der Waals surface area contributed by atoms with Gasteiger partial charge in [0.25, 0.3) is 0 Å². The summed E-state index contributed by atoms with van der Waals surface area (Å²) in [6.45, 7) is 3.51. The van der Waals surface area contributed by atoms with Crippen molar-refractivity contribution >= 4 is 17.4 Å². The second-order valence-corrected chi connectivity index (χ2v) is 8.01. The van der Waals surface area contributed by atoms with E-state index in [1.54, 1.807) is 6.20 Å². The normalized spacial score (nSPS) is 17.6. The fourth-order valence-corrected chi connectivity index (χ4v) is 3.93. The van der Waals surface area contributed by atoms with E-state index in [1.165, 1.54) is 12.4 Å². The Morgan fingerprint density at radius 3 is 2.36 bits per heavy atom. The molecule has 3 aromatic rings. The molecule has 7 heteroatoms. The summed E-state index contributed by atoms with van der Waals surface area (Å²) in [5, 5.41) is 15.2. The lowest BCUT2D eigenvalue weighted by Crippen LogP contribution is -2.39. The number of ether oxygens (including phenoxy) is 1. The van der Waals surface area contributed by atoms with Crippen LogP contribution >= 0.6 is 0 Å². The second-order valence-electron chi connectivity index (χ2n) is 8.01. The second kappa shape index (κ2) is 10.5. The molecule has 0 spiro atoms. The maximum absolute atomic E-state index is 11.5. The van der Waals surface area contributed by atoms with Crippen LogP contribution in [-0.2, 0) is 4.79 Å². The van der Waals surface area contributed by atoms with Gasteiger partial charge in [-0.2, -0.15) is 0 Å². The first-order valence-electron chi connectivity index (χ1n) is 11.0. The average molecular weight is 442 g/mol. The van der Waals surface area contributed by atoms with Crippen molar-refractivity contribution < 1.29 is 9.53 Å². The number of hydrogen-bond donors (Lipinski definition) is 3. The van der Waals surface area contributed by atoms with Gasteiger partial charge >= 0.3 is 0 Å². The Bertz CT molecular complexity index is 1110. The molecular weight excluding hydrogens is 414 g/mol. The minimum absolute atomic E-state index is 0.127. The van der Waals surface area contributed by atoms with Crippen LogP contribution in [0.2, 0.25) is 0 Å². The summed E-state index contributed by atoms with van der Waals surface area (Å²) in [5.74, 6) is 2.00. The van der Waals surface area contributed by atoms with E-state index in [4.69, 9.17) is 10.1 Å². The van der Waals surface area contributed by atoms with Gasteiger partial charge in [0, 0.05) is 23.8 Å². The fraction of sp³-hybridized carbons (Fsp3) is 0.231. The summed E-state index contributed by atoms with van der Waals surface area (Å²) < 4.78 is 5.84. The van der Waals surface area contributed by atoms with E-state index in [0.29, 0.717) is 22.8 Å². The monoisotopic (exact) mass is 441 g/mol. The molecule has 0 saturated heterocycles. The van der Waals surface area contributed by atoms with Gasteiger partial charge < -0.3 is 15.4 Å². The molecule has 1 aliphatic rings. The zero-order valence-electron chi connectivity index (χ0n) is 18.3. The first-order valence-corrected chi connectivity index (χ1v) is 11.0. The molecule has 0 bridgehead atoms. The van der Waals surface area contributed by atoms with Crippen LogP contribution in [0.1, 0.15) is 36.8 Å². The minimum Gasteiger partial charge on any atom is -0.457 e. The molecule has 0 aliphatic heterocycles. The van der Waals surface area contributed by atoms with Crippen molar-refractivity contribution in [3.63, 3.8) is 0 Å². The highest BCUT2D eigenvalue weighted by molar-refractivity contribution is 6.13. The quantitative estimate of drug-likeness (QED) is 0.347. The largest absolute Gasteiger partial charge is 0.457 e. The molecule has 7 nitrogen and oxygen atoms in total. The summed E-state index contributed by atoms with van der Waals surface area (Å²) in [4.78, 5) is 20.1. The smallest absolute Gasteiger partial charge is 0.243 e. The van der Waals surface area contributed by atoms with E-state index in [2.05, 4.69) is 27.2 Å². The van der Waals surface area contributed by atoms with E-state index in [0.717, 1.165) is 37.0 Å². The Labute approximate surface area is 193 Å². The van der Waals surface area contributed by atoms with Crippen LogP contribution in [-0.4, -0.2) is 33.7 Å². The molecule has 3 N–H and O–H groups in total. The molecule has 0 atom stereocenters. The van der Waals surface area contributed by atoms with Gasteiger partial charge in [0.15, 0.2) is 0 Å². The lowest BCUT2D eigenvalue weighted by atomic mass is 9.91. The first-order chi connectivity index (χ1) is 16.1. The predicted octanol–water partition coefficient (Wildman–Crippen LogP) is 4.71. The first kappa shape index (κ1) is 22.2. The molecule has 1 fully saturated rings. The number of para-hydroxylation sites is 1. The number of benzene rings is 2. The number of rotatable bonds is 8. The topological polar surface area (TPSA) is 100.0 Å². The number of aromatic nitrogens is 2. The molecule has 2 aromatic carbocycles. The van der Waals surface area contributed by atoms with Crippen molar-refractivity contribution in [2.75, 3.05) is 5.32 Å². The molecular formula is C26H27N5O2. The summed E-state index contributed by atoms with van der Waals surface area (Å²) >= 11 is 0. The number of anilines is 1. The van der Waals surface area contributed by atoms with Crippen LogP contribution in [0.3, 0.4) is 0 Å². The number of amides is 1. The summed E-state index contributed by atoms with van der Waals surface area (Å²) in [6.07, 6.45) is 8.06. The number of carbonyl (C=O) groups excluding carboxylic acids is 1. The molecule has 0 unspecified atom stereocenters. The molecule has 1 amide bonds.